The number of benzene rings is 2. The van der Waals surface area contributed by atoms with E-state index in [4.69, 9.17) is 29.0 Å². The molecule has 0 unspecified atom stereocenters. The molecule has 346 valence electrons. The fourth-order valence-corrected chi connectivity index (χ4v) is 10.7. The van der Waals surface area contributed by atoms with Gasteiger partial charge in [-0.2, -0.15) is 9.61 Å². The smallest absolute Gasteiger partial charge is 0.408 e. The number of ether oxygens (including phenoxy) is 4. The van der Waals surface area contributed by atoms with Gasteiger partial charge < -0.3 is 34.5 Å². The summed E-state index contributed by atoms with van der Waals surface area (Å²) in [4.78, 5) is 63.3. The van der Waals surface area contributed by atoms with Crippen molar-refractivity contribution in [3.63, 3.8) is 0 Å². The average Bonchev–Trinajstić information content (AvgIpc) is 4.09. The number of fused-ring (bicyclic) bond motifs is 5. The van der Waals surface area contributed by atoms with Crippen molar-refractivity contribution in [2.45, 2.75) is 139 Å². The lowest BCUT2D eigenvalue weighted by Crippen LogP contribution is -2.58. The number of aromatic nitrogens is 3. The maximum absolute atomic E-state index is 14.9. The summed E-state index contributed by atoms with van der Waals surface area (Å²) in [5, 5.41) is 10.7. The molecular formula is C47H57N7O10S. The second kappa shape index (κ2) is 18.2. The molecule has 0 spiro atoms. The number of nitrogens with zero attached hydrogens (tertiary/aromatic N) is 4. The molecule has 2 aliphatic heterocycles. The fourth-order valence-electron chi connectivity index (χ4n) is 9.33. The van der Waals surface area contributed by atoms with Crippen LogP contribution in [0, 0.1) is 5.92 Å². The number of rotatable bonds is 11. The summed E-state index contributed by atoms with van der Waals surface area (Å²) < 4.78 is 53.8. The van der Waals surface area contributed by atoms with E-state index < -0.39 is 68.7 Å². The third-order valence-corrected chi connectivity index (χ3v) is 14.9. The van der Waals surface area contributed by atoms with E-state index >= 15 is 0 Å². The largest absolute Gasteiger partial charge is 0.497 e. The number of hydrogen-bond donors (Lipinski definition) is 3. The number of carbonyl (C=O) groups is 4. The topological polar surface area (TPSA) is 209 Å². The predicted molar refractivity (Wildman–Crippen MR) is 240 cm³/mol. The highest BCUT2D eigenvalue weighted by molar-refractivity contribution is 7.91. The third kappa shape index (κ3) is 9.58. The lowest BCUT2D eigenvalue weighted by molar-refractivity contribution is -0.141. The number of carbonyl (C=O) groups excluding carboxylic acids is 4. The lowest BCUT2D eigenvalue weighted by Gasteiger charge is -2.30. The summed E-state index contributed by atoms with van der Waals surface area (Å²) in [7, 11) is -2.35. The van der Waals surface area contributed by atoms with Crippen molar-refractivity contribution in [3.8, 4) is 28.6 Å². The number of methoxy groups -OCH3 is 1. The van der Waals surface area contributed by atoms with Crippen LogP contribution in [0.15, 0.2) is 60.7 Å². The van der Waals surface area contributed by atoms with Gasteiger partial charge in [-0.05, 0) is 114 Å². The van der Waals surface area contributed by atoms with Crippen LogP contribution >= 0.6 is 0 Å². The molecule has 3 N–H and O–H groups in total. The molecule has 3 aliphatic carbocycles. The van der Waals surface area contributed by atoms with Crippen molar-refractivity contribution in [2.24, 2.45) is 5.92 Å². The van der Waals surface area contributed by atoms with Crippen LogP contribution in [0.25, 0.3) is 27.8 Å². The van der Waals surface area contributed by atoms with Crippen molar-refractivity contribution < 1.29 is 46.5 Å². The zero-order chi connectivity index (χ0) is 45.5. The van der Waals surface area contributed by atoms with Gasteiger partial charge in [0.1, 0.15) is 41.3 Å². The van der Waals surface area contributed by atoms with Crippen molar-refractivity contribution in [1.82, 2.24) is 34.9 Å². The molecule has 18 heteroatoms. The molecule has 4 fully saturated rings. The van der Waals surface area contributed by atoms with Gasteiger partial charge in [-0.3, -0.25) is 19.1 Å². The van der Waals surface area contributed by atoms with E-state index in [-0.39, 0.29) is 31.6 Å². The molecule has 0 bridgehead atoms. The monoisotopic (exact) mass is 911 g/mol. The van der Waals surface area contributed by atoms with E-state index in [0.29, 0.717) is 66.3 Å². The van der Waals surface area contributed by atoms with Crippen LogP contribution in [0.1, 0.15) is 97.3 Å². The van der Waals surface area contributed by atoms with Crippen LogP contribution in [-0.2, 0) is 29.1 Å². The zero-order valence-electron chi connectivity index (χ0n) is 37.0. The normalized spacial score (nSPS) is 25.8. The molecule has 4 aromatic rings. The average molecular weight is 912 g/mol. The summed E-state index contributed by atoms with van der Waals surface area (Å²) >= 11 is 0. The van der Waals surface area contributed by atoms with E-state index in [2.05, 4.69) is 15.4 Å². The molecule has 5 aliphatic rings. The van der Waals surface area contributed by atoms with Crippen LogP contribution in [0.5, 0.6) is 17.4 Å². The van der Waals surface area contributed by atoms with Gasteiger partial charge in [0.05, 0.1) is 36.2 Å². The van der Waals surface area contributed by atoms with Crippen molar-refractivity contribution in [2.75, 3.05) is 13.7 Å². The SMILES string of the molecule is COc1ccc2c(c1)nn1c(O[C@@H]3C[C@H]4C(=O)N[C@]5(C(=O)NS(=O)(=O)C6CC6)C[C@@H]5/C=C\CCCCC[C@H](NC(=O)OC5CCCC5)C(=O)N4C3)cc(-c3ccc(OC(C)C)cc3)nc21. The molecule has 2 aromatic heterocycles. The molecule has 4 amide bonds. The Hall–Kier alpha value is -5.91. The highest BCUT2D eigenvalue weighted by atomic mass is 32.2. The Balaban J connectivity index is 1.06. The summed E-state index contributed by atoms with van der Waals surface area (Å²) in [5.74, 6) is -0.769. The van der Waals surface area contributed by atoms with Gasteiger partial charge in [0, 0.05) is 35.4 Å². The van der Waals surface area contributed by atoms with Crippen LogP contribution in [-0.4, -0.2) is 107 Å². The molecular weight excluding hydrogens is 855 g/mol. The Morgan fingerprint density at radius 2 is 1.68 bits per heavy atom. The molecule has 3 saturated carbocycles. The number of nitrogens with one attached hydrogen (secondary N) is 3. The third-order valence-electron chi connectivity index (χ3n) is 13.1. The van der Waals surface area contributed by atoms with E-state index in [1.807, 2.05) is 62.4 Å². The standard InChI is InChI=1S/C47H57N7O10S/c1-28(2)62-32-17-15-29(16-18-32)38-25-41(54-42(48-38)36-22-19-33(61-3)23-39(36)51-54)63-34-24-40-43(55)50-47(45(57)52-65(59,60)35-20-21-35)26-30(47)11-7-5-4-6-8-14-37(44(56)53(40)27-34)49-46(58)64-31-12-9-10-13-31/h7,11,15-19,22-23,25,28,30-31,34-35,37,40H,4-6,8-10,12-14,20-21,24,26-27H2,1-3H3,(H,49,58)(H,50,55)(H,52,57)/b11-7-/t30-,34+,37-,40-,47+/m0/s1. The van der Waals surface area contributed by atoms with Gasteiger partial charge in [0.25, 0.3) is 5.91 Å². The molecule has 9 rings (SSSR count). The second-order valence-electron chi connectivity index (χ2n) is 18.3. The first kappa shape index (κ1) is 44.3. The highest BCUT2D eigenvalue weighted by Crippen LogP contribution is 2.46. The van der Waals surface area contributed by atoms with E-state index in [1.165, 1.54) is 4.90 Å². The molecule has 0 radical (unpaired) electrons. The summed E-state index contributed by atoms with van der Waals surface area (Å²) in [6, 6.07) is 12.6. The van der Waals surface area contributed by atoms with Gasteiger partial charge in [0.15, 0.2) is 5.65 Å². The van der Waals surface area contributed by atoms with Gasteiger partial charge in [-0.15, -0.1) is 0 Å². The molecule has 4 heterocycles. The minimum absolute atomic E-state index is 0.00436. The van der Waals surface area contributed by atoms with Gasteiger partial charge in [-0.25, -0.2) is 18.2 Å². The van der Waals surface area contributed by atoms with Crippen LogP contribution in [0.4, 0.5) is 4.79 Å². The second-order valence-corrected chi connectivity index (χ2v) is 20.3. The molecule has 65 heavy (non-hydrogen) atoms. The number of hydrogen-bond acceptors (Lipinski definition) is 12. The van der Waals surface area contributed by atoms with E-state index in [9.17, 15) is 27.6 Å². The lowest BCUT2D eigenvalue weighted by atomic mass is 10.0. The van der Waals surface area contributed by atoms with Crippen LogP contribution in [0.3, 0.4) is 0 Å². The molecule has 5 atom stereocenters. The molecule has 17 nitrogen and oxygen atoms in total. The van der Waals surface area contributed by atoms with E-state index in [0.717, 1.165) is 49.5 Å². The highest BCUT2D eigenvalue weighted by Gasteiger charge is 2.62. The van der Waals surface area contributed by atoms with Gasteiger partial charge in [-0.1, -0.05) is 25.0 Å². The van der Waals surface area contributed by atoms with Crippen molar-refractivity contribution >= 4 is 50.4 Å². The summed E-state index contributed by atoms with van der Waals surface area (Å²) in [6.07, 6.45) is 9.84. The maximum Gasteiger partial charge on any atom is 0.408 e. The molecule has 1 saturated heterocycles. The minimum Gasteiger partial charge on any atom is -0.497 e. The van der Waals surface area contributed by atoms with Crippen LogP contribution < -0.4 is 29.6 Å². The fraction of sp³-hybridized carbons (Fsp3) is 0.532. The Morgan fingerprint density at radius 3 is 2.42 bits per heavy atom. The first-order valence-electron chi connectivity index (χ1n) is 22.9. The van der Waals surface area contributed by atoms with Crippen LogP contribution in [0.2, 0.25) is 0 Å². The Morgan fingerprint density at radius 1 is 0.923 bits per heavy atom. The van der Waals surface area contributed by atoms with Gasteiger partial charge >= 0.3 is 6.09 Å². The molecule has 2 aromatic carbocycles. The Kier molecular flexibility index (Phi) is 12.4. The first-order valence-corrected chi connectivity index (χ1v) is 24.5. The summed E-state index contributed by atoms with van der Waals surface area (Å²) in [6.45, 7) is 3.86. The Bertz CT molecular complexity index is 2610. The zero-order valence-corrected chi connectivity index (χ0v) is 37.8. The van der Waals surface area contributed by atoms with E-state index in [1.54, 1.807) is 23.8 Å². The number of amides is 4. The number of allylic oxidation sites excluding steroid dienone is 1. The number of sulfonamides is 1. The Labute approximate surface area is 378 Å². The maximum atomic E-state index is 14.9. The van der Waals surface area contributed by atoms with Crippen molar-refractivity contribution in [3.05, 3.63) is 60.7 Å². The quantitative estimate of drug-likeness (QED) is 0.154. The number of alkyl carbamates (subject to hydrolysis) is 1. The van der Waals surface area contributed by atoms with Gasteiger partial charge in [0.2, 0.25) is 27.7 Å². The van der Waals surface area contributed by atoms with Crippen molar-refractivity contribution in [1.29, 1.82) is 0 Å². The summed E-state index contributed by atoms with van der Waals surface area (Å²) in [5.41, 5.74) is 0.932. The minimum atomic E-state index is -3.93. The first-order chi connectivity index (χ1) is 31.3. The predicted octanol–water partition coefficient (Wildman–Crippen LogP) is 5.73.